The monoisotopic (exact) mass is 198 g/mol. The van der Waals surface area contributed by atoms with Crippen molar-refractivity contribution in [2.24, 2.45) is 0 Å². The van der Waals surface area contributed by atoms with E-state index in [9.17, 15) is 0 Å². The summed E-state index contributed by atoms with van der Waals surface area (Å²) in [7, 11) is 0. The summed E-state index contributed by atoms with van der Waals surface area (Å²) in [5, 5.41) is 3.50. The molecule has 1 rings (SSSR count). The van der Waals surface area contributed by atoms with E-state index in [1.165, 1.54) is 38.8 Å². The molecular weight excluding hydrogens is 172 g/mol. The van der Waals surface area contributed by atoms with E-state index < -0.39 is 0 Å². The predicted octanol–water partition coefficient (Wildman–Crippen LogP) is 2.25. The van der Waals surface area contributed by atoms with Gasteiger partial charge in [0, 0.05) is 25.2 Å². The van der Waals surface area contributed by atoms with E-state index >= 15 is 0 Å². The Labute approximate surface area is 89.1 Å². The molecule has 2 nitrogen and oxygen atoms in total. The first-order valence-corrected chi connectivity index (χ1v) is 6.21. The standard InChI is InChI=1S/C12H26N2/c1-4-12-7-5-6-9-14(12)10-8-13-11(2)3/h11-13H,4-10H2,1-3H3/t12-/m0/s1. The fraction of sp³-hybridized carbons (Fsp3) is 1.00. The van der Waals surface area contributed by atoms with Crippen LogP contribution >= 0.6 is 0 Å². The zero-order valence-electron chi connectivity index (χ0n) is 10.1. The molecule has 0 aromatic carbocycles. The van der Waals surface area contributed by atoms with Gasteiger partial charge in [-0.3, -0.25) is 4.90 Å². The third-order valence-electron chi connectivity index (χ3n) is 3.17. The van der Waals surface area contributed by atoms with Gasteiger partial charge in [-0.25, -0.2) is 0 Å². The lowest BCUT2D eigenvalue weighted by Gasteiger charge is -2.35. The van der Waals surface area contributed by atoms with Crippen LogP contribution in [0.4, 0.5) is 0 Å². The lowest BCUT2D eigenvalue weighted by Crippen LogP contribution is -2.43. The van der Waals surface area contributed by atoms with Crippen LogP contribution in [-0.2, 0) is 0 Å². The lowest BCUT2D eigenvalue weighted by atomic mass is 10.0. The van der Waals surface area contributed by atoms with Crippen molar-refractivity contribution in [3.63, 3.8) is 0 Å². The molecule has 1 heterocycles. The van der Waals surface area contributed by atoms with Crippen molar-refractivity contribution in [1.82, 2.24) is 10.2 Å². The summed E-state index contributed by atoms with van der Waals surface area (Å²) in [4.78, 5) is 2.67. The SMILES string of the molecule is CC[C@H]1CCCCN1CCNC(C)C. The number of hydrogen-bond acceptors (Lipinski definition) is 2. The smallest absolute Gasteiger partial charge is 0.0110 e. The highest BCUT2D eigenvalue weighted by molar-refractivity contribution is 4.76. The van der Waals surface area contributed by atoms with Crippen LogP contribution in [0.2, 0.25) is 0 Å². The van der Waals surface area contributed by atoms with Gasteiger partial charge in [0.05, 0.1) is 0 Å². The highest BCUT2D eigenvalue weighted by Crippen LogP contribution is 2.18. The number of piperidine rings is 1. The number of nitrogens with one attached hydrogen (secondary N) is 1. The van der Waals surface area contributed by atoms with Gasteiger partial charge in [0.1, 0.15) is 0 Å². The van der Waals surface area contributed by atoms with E-state index in [0.717, 1.165) is 12.6 Å². The summed E-state index contributed by atoms with van der Waals surface area (Å²) in [6, 6.07) is 1.48. The summed E-state index contributed by atoms with van der Waals surface area (Å²) < 4.78 is 0. The van der Waals surface area contributed by atoms with Crippen molar-refractivity contribution in [1.29, 1.82) is 0 Å². The van der Waals surface area contributed by atoms with Gasteiger partial charge in [-0.15, -0.1) is 0 Å². The Bertz CT molecular complexity index is 145. The van der Waals surface area contributed by atoms with E-state index in [1.54, 1.807) is 0 Å². The third kappa shape index (κ3) is 3.97. The van der Waals surface area contributed by atoms with E-state index in [0.29, 0.717) is 6.04 Å². The lowest BCUT2D eigenvalue weighted by molar-refractivity contribution is 0.144. The second-order valence-electron chi connectivity index (χ2n) is 4.70. The van der Waals surface area contributed by atoms with Gasteiger partial charge in [-0.1, -0.05) is 27.2 Å². The Morgan fingerprint density at radius 1 is 1.36 bits per heavy atom. The Balaban J connectivity index is 2.19. The van der Waals surface area contributed by atoms with E-state index in [1.807, 2.05) is 0 Å². The van der Waals surface area contributed by atoms with Crippen LogP contribution in [0.3, 0.4) is 0 Å². The maximum atomic E-state index is 3.50. The van der Waals surface area contributed by atoms with Gasteiger partial charge in [0.2, 0.25) is 0 Å². The fourth-order valence-corrected chi connectivity index (χ4v) is 2.31. The highest BCUT2D eigenvalue weighted by Gasteiger charge is 2.19. The zero-order chi connectivity index (χ0) is 10.4. The maximum absolute atomic E-state index is 3.50. The molecule has 0 aromatic rings. The summed E-state index contributed by atoms with van der Waals surface area (Å²) in [6.07, 6.45) is 5.57. The van der Waals surface area contributed by atoms with Crippen molar-refractivity contribution in [2.75, 3.05) is 19.6 Å². The largest absolute Gasteiger partial charge is 0.313 e. The minimum absolute atomic E-state index is 0.625. The molecule has 1 N–H and O–H groups in total. The van der Waals surface area contributed by atoms with E-state index in [2.05, 4.69) is 31.0 Å². The molecule has 1 saturated heterocycles. The van der Waals surface area contributed by atoms with Crippen LogP contribution < -0.4 is 5.32 Å². The van der Waals surface area contributed by atoms with Crippen LogP contribution in [0, 0.1) is 0 Å². The normalized spacial score (nSPS) is 24.4. The van der Waals surface area contributed by atoms with Crippen molar-refractivity contribution >= 4 is 0 Å². The summed E-state index contributed by atoms with van der Waals surface area (Å²) in [6.45, 7) is 10.4. The van der Waals surface area contributed by atoms with Gasteiger partial charge in [-0.05, 0) is 25.8 Å². The molecule has 1 aliphatic heterocycles. The molecule has 2 heteroatoms. The fourth-order valence-electron chi connectivity index (χ4n) is 2.31. The van der Waals surface area contributed by atoms with E-state index in [4.69, 9.17) is 0 Å². The molecule has 0 aliphatic carbocycles. The first kappa shape index (κ1) is 12.0. The molecule has 84 valence electrons. The van der Waals surface area contributed by atoms with Gasteiger partial charge < -0.3 is 5.32 Å². The number of rotatable bonds is 5. The average molecular weight is 198 g/mol. The second-order valence-corrected chi connectivity index (χ2v) is 4.70. The predicted molar refractivity (Wildman–Crippen MR) is 62.6 cm³/mol. The minimum atomic E-state index is 0.625. The molecule has 1 atom stereocenters. The Morgan fingerprint density at radius 2 is 2.14 bits per heavy atom. The summed E-state index contributed by atoms with van der Waals surface area (Å²) in [5.74, 6) is 0. The van der Waals surface area contributed by atoms with Crippen molar-refractivity contribution < 1.29 is 0 Å². The molecule has 0 unspecified atom stereocenters. The summed E-state index contributed by atoms with van der Waals surface area (Å²) in [5.41, 5.74) is 0. The summed E-state index contributed by atoms with van der Waals surface area (Å²) >= 11 is 0. The van der Waals surface area contributed by atoms with Crippen molar-refractivity contribution in [3.05, 3.63) is 0 Å². The first-order valence-electron chi connectivity index (χ1n) is 6.21. The number of likely N-dealkylation sites (tertiary alicyclic amines) is 1. The third-order valence-corrected chi connectivity index (χ3v) is 3.17. The molecule has 0 radical (unpaired) electrons. The second kappa shape index (κ2) is 6.41. The van der Waals surface area contributed by atoms with E-state index in [-0.39, 0.29) is 0 Å². The van der Waals surface area contributed by atoms with Gasteiger partial charge >= 0.3 is 0 Å². The molecular formula is C12H26N2. The van der Waals surface area contributed by atoms with Crippen LogP contribution in [0.15, 0.2) is 0 Å². The Morgan fingerprint density at radius 3 is 2.79 bits per heavy atom. The molecule has 0 spiro atoms. The molecule has 1 aliphatic rings. The van der Waals surface area contributed by atoms with Crippen LogP contribution in [0.5, 0.6) is 0 Å². The zero-order valence-corrected chi connectivity index (χ0v) is 10.1. The molecule has 0 aromatic heterocycles. The van der Waals surface area contributed by atoms with Crippen molar-refractivity contribution in [2.45, 2.75) is 58.5 Å². The number of hydrogen-bond donors (Lipinski definition) is 1. The number of nitrogens with zero attached hydrogens (tertiary/aromatic N) is 1. The van der Waals surface area contributed by atoms with Gasteiger partial charge in [0.25, 0.3) is 0 Å². The molecule has 1 fully saturated rings. The molecule has 0 amide bonds. The van der Waals surface area contributed by atoms with Crippen LogP contribution in [0.1, 0.15) is 46.5 Å². The maximum Gasteiger partial charge on any atom is 0.0110 e. The van der Waals surface area contributed by atoms with Gasteiger partial charge in [0.15, 0.2) is 0 Å². The molecule has 14 heavy (non-hydrogen) atoms. The first-order chi connectivity index (χ1) is 6.74. The minimum Gasteiger partial charge on any atom is -0.313 e. The topological polar surface area (TPSA) is 15.3 Å². The highest BCUT2D eigenvalue weighted by atomic mass is 15.2. The van der Waals surface area contributed by atoms with Crippen LogP contribution in [0.25, 0.3) is 0 Å². The molecule has 0 saturated carbocycles. The Hall–Kier alpha value is -0.0800. The average Bonchev–Trinajstić information content (AvgIpc) is 2.18. The quantitative estimate of drug-likeness (QED) is 0.729. The Kier molecular flexibility index (Phi) is 5.49. The van der Waals surface area contributed by atoms with Crippen LogP contribution in [-0.4, -0.2) is 36.6 Å². The van der Waals surface area contributed by atoms with Gasteiger partial charge in [-0.2, -0.15) is 0 Å². The molecule has 0 bridgehead atoms. The van der Waals surface area contributed by atoms with Crippen molar-refractivity contribution in [3.8, 4) is 0 Å².